The quantitative estimate of drug-likeness (QED) is 0.694. The minimum absolute atomic E-state index is 0.281. The summed E-state index contributed by atoms with van der Waals surface area (Å²) in [7, 11) is 3.31. The van der Waals surface area contributed by atoms with E-state index >= 15 is 0 Å². The number of hydrogen-bond donors (Lipinski definition) is 1. The second-order valence-electron chi connectivity index (χ2n) is 7.04. The summed E-state index contributed by atoms with van der Waals surface area (Å²) in [5, 5.41) is 10.5. The molecule has 0 amide bonds. The number of nitrogens with zero attached hydrogens (tertiary/aromatic N) is 1. The standard InChI is InChI=1S/C22H29NO4/c1-16-7-4-5-9-20(16)27-15-19(24)14-23(18-11-12-18)13-17-8-6-10-21(25-2)22(17)26-3/h4-10,18-19,24H,11-15H2,1-3H3/t19-/m0/s1. The lowest BCUT2D eigenvalue weighted by Gasteiger charge is -2.26. The van der Waals surface area contributed by atoms with Gasteiger partial charge in [0.25, 0.3) is 0 Å². The van der Waals surface area contributed by atoms with Crippen molar-refractivity contribution in [2.75, 3.05) is 27.4 Å². The molecule has 0 heterocycles. The Bertz CT molecular complexity index is 745. The van der Waals surface area contributed by atoms with Crippen LogP contribution in [0.5, 0.6) is 17.2 Å². The molecule has 0 spiro atoms. The minimum atomic E-state index is -0.554. The summed E-state index contributed by atoms with van der Waals surface area (Å²) in [4.78, 5) is 2.31. The monoisotopic (exact) mass is 371 g/mol. The number of aryl methyl sites for hydroxylation is 1. The van der Waals surface area contributed by atoms with Crippen LogP contribution >= 0.6 is 0 Å². The summed E-state index contributed by atoms with van der Waals surface area (Å²) in [5.41, 5.74) is 2.14. The Morgan fingerprint density at radius 3 is 2.44 bits per heavy atom. The van der Waals surface area contributed by atoms with Crippen LogP contribution in [0.3, 0.4) is 0 Å². The molecule has 1 fully saturated rings. The van der Waals surface area contributed by atoms with E-state index in [2.05, 4.69) is 4.90 Å². The molecule has 0 aromatic heterocycles. The number of rotatable bonds is 10. The summed E-state index contributed by atoms with van der Waals surface area (Å²) in [6.45, 7) is 3.57. The van der Waals surface area contributed by atoms with E-state index in [1.807, 2.05) is 49.4 Å². The summed E-state index contributed by atoms with van der Waals surface area (Å²) < 4.78 is 16.8. The highest BCUT2D eigenvalue weighted by Gasteiger charge is 2.31. The summed E-state index contributed by atoms with van der Waals surface area (Å²) in [5.74, 6) is 2.31. The van der Waals surface area contributed by atoms with Crippen LogP contribution in [0, 0.1) is 6.92 Å². The first-order valence-corrected chi connectivity index (χ1v) is 9.42. The maximum Gasteiger partial charge on any atom is 0.165 e. The van der Waals surface area contributed by atoms with Gasteiger partial charge in [-0.15, -0.1) is 0 Å². The topological polar surface area (TPSA) is 51.2 Å². The Labute approximate surface area is 161 Å². The van der Waals surface area contributed by atoms with Gasteiger partial charge in [0.15, 0.2) is 11.5 Å². The van der Waals surface area contributed by atoms with Crippen LogP contribution in [0.1, 0.15) is 24.0 Å². The predicted molar refractivity (Wildman–Crippen MR) is 106 cm³/mol. The van der Waals surface area contributed by atoms with Gasteiger partial charge in [0.2, 0.25) is 0 Å². The van der Waals surface area contributed by atoms with Gasteiger partial charge in [-0.25, -0.2) is 0 Å². The van der Waals surface area contributed by atoms with Crippen molar-refractivity contribution in [3.05, 3.63) is 53.6 Å². The molecular formula is C22H29NO4. The van der Waals surface area contributed by atoms with Crippen LogP contribution < -0.4 is 14.2 Å². The van der Waals surface area contributed by atoms with Crippen molar-refractivity contribution >= 4 is 0 Å². The molecule has 1 N–H and O–H groups in total. The van der Waals surface area contributed by atoms with Crippen molar-refractivity contribution in [3.63, 3.8) is 0 Å². The van der Waals surface area contributed by atoms with Crippen LogP contribution in [0.4, 0.5) is 0 Å². The maximum atomic E-state index is 10.5. The first kappa shape index (κ1) is 19.5. The molecule has 1 aliphatic carbocycles. The molecule has 0 aliphatic heterocycles. The molecule has 2 aromatic rings. The van der Waals surface area contributed by atoms with Gasteiger partial charge in [-0.2, -0.15) is 0 Å². The van der Waals surface area contributed by atoms with Crippen LogP contribution in [-0.2, 0) is 6.54 Å². The average molecular weight is 371 g/mol. The number of aliphatic hydroxyl groups excluding tert-OH is 1. The SMILES string of the molecule is COc1cccc(CN(C[C@H](O)COc2ccccc2C)C2CC2)c1OC. The van der Waals surface area contributed by atoms with Crippen molar-refractivity contribution in [2.24, 2.45) is 0 Å². The van der Waals surface area contributed by atoms with E-state index in [1.54, 1.807) is 14.2 Å². The summed E-state index contributed by atoms with van der Waals surface area (Å²) in [6, 6.07) is 14.3. The van der Waals surface area contributed by atoms with E-state index in [4.69, 9.17) is 14.2 Å². The fraction of sp³-hybridized carbons (Fsp3) is 0.455. The molecule has 0 unspecified atom stereocenters. The number of ether oxygens (including phenoxy) is 3. The Morgan fingerprint density at radius 2 is 1.78 bits per heavy atom. The molecule has 0 bridgehead atoms. The van der Waals surface area contributed by atoms with Gasteiger partial charge in [-0.1, -0.05) is 30.3 Å². The van der Waals surface area contributed by atoms with Gasteiger partial charge < -0.3 is 19.3 Å². The Balaban J connectivity index is 1.62. The molecule has 1 aliphatic rings. The number of aliphatic hydroxyl groups is 1. The van der Waals surface area contributed by atoms with Gasteiger partial charge in [-0.05, 0) is 37.5 Å². The fourth-order valence-corrected chi connectivity index (χ4v) is 3.31. The minimum Gasteiger partial charge on any atom is -0.493 e. The van der Waals surface area contributed by atoms with Crippen molar-refractivity contribution < 1.29 is 19.3 Å². The van der Waals surface area contributed by atoms with E-state index in [9.17, 15) is 5.11 Å². The second kappa shape index (κ2) is 9.11. The highest BCUT2D eigenvalue weighted by molar-refractivity contribution is 5.46. The zero-order chi connectivity index (χ0) is 19.2. The van der Waals surface area contributed by atoms with Crippen LogP contribution in [-0.4, -0.2) is 49.5 Å². The van der Waals surface area contributed by atoms with Crippen molar-refractivity contribution in [1.29, 1.82) is 0 Å². The Morgan fingerprint density at radius 1 is 1.04 bits per heavy atom. The second-order valence-corrected chi connectivity index (χ2v) is 7.04. The number of para-hydroxylation sites is 2. The molecule has 1 saturated carbocycles. The van der Waals surface area contributed by atoms with Crippen molar-refractivity contribution in [2.45, 2.75) is 38.5 Å². The van der Waals surface area contributed by atoms with E-state index in [0.29, 0.717) is 19.1 Å². The van der Waals surface area contributed by atoms with Crippen LogP contribution in [0.2, 0.25) is 0 Å². The third kappa shape index (κ3) is 5.15. The average Bonchev–Trinajstić information content (AvgIpc) is 3.52. The zero-order valence-corrected chi connectivity index (χ0v) is 16.4. The third-order valence-corrected chi connectivity index (χ3v) is 4.89. The molecule has 5 nitrogen and oxygen atoms in total. The summed E-state index contributed by atoms with van der Waals surface area (Å²) in [6.07, 6.45) is 1.77. The van der Waals surface area contributed by atoms with Gasteiger partial charge in [0.05, 0.1) is 14.2 Å². The molecule has 0 saturated heterocycles. The predicted octanol–water partition coefficient (Wildman–Crippen LogP) is 3.42. The van der Waals surface area contributed by atoms with E-state index < -0.39 is 6.10 Å². The first-order chi connectivity index (χ1) is 13.1. The van der Waals surface area contributed by atoms with Crippen LogP contribution in [0.15, 0.2) is 42.5 Å². The Kier molecular flexibility index (Phi) is 6.58. The molecule has 27 heavy (non-hydrogen) atoms. The highest BCUT2D eigenvalue weighted by atomic mass is 16.5. The van der Waals surface area contributed by atoms with Crippen LogP contribution in [0.25, 0.3) is 0 Å². The lowest BCUT2D eigenvalue weighted by molar-refractivity contribution is 0.0621. The van der Waals surface area contributed by atoms with E-state index in [-0.39, 0.29) is 6.61 Å². The van der Waals surface area contributed by atoms with E-state index in [0.717, 1.165) is 41.2 Å². The zero-order valence-electron chi connectivity index (χ0n) is 16.4. The normalized spacial score (nSPS) is 14.9. The molecule has 3 rings (SSSR count). The summed E-state index contributed by atoms with van der Waals surface area (Å²) >= 11 is 0. The van der Waals surface area contributed by atoms with Gasteiger partial charge >= 0.3 is 0 Å². The maximum absolute atomic E-state index is 10.5. The molecule has 1 atom stereocenters. The van der Waals surface area contributed by atoms with Crippen molar-refractivity contribution in [1.82, 2.24) is 4.90 Å². The fourth-order valence-electron chi connectivity index (χ4n) is 3.31. The lowest BCUT2D eigenvalue weighted by atomic mass is 10.1. The largest absolute Gasteiger partial charge is 0.493 e. The molecule has 0 radical (unpaired) electrons. The lowest BCUT2D eigenvalue weighted by Crippen LogP contribution is -2.36. The third-order valence-electron chi connectivity index (χ3n) is 4.89. The van der Waals surface area contributed by atoms with Gasteiger partial charge in [-0.3, -0.25) is 4.90 Å². The van der Waals surface area contributed by atoms with Crippen molar-refractivity contribution in [3.8, 4) is 17.2 Å². The van der Waals surface area contributed by atoms with Gasteiger partial charge in [0.1, 0.15) is 18.5 Å². The number of benzene rings is 2. The smallest absolute Gasteiger partial charge is 0.165 e. The van der Waals surface area contributed by atoms with E-state index in [1.165, 1.54) is 0 Å². The number of hydrogen-bond acceptors (Lipinski definition) is 5. The first-order valence-electron chi connectivity index (χ1n) is 9.42. The molecule has 2 aromatic carbocycles. The molecule has 5 heteroatoms. The van der Waals surface area contributed by atoms with Gasteiger partial charge in [0, 0.05) is 24.7 Å². The Hall–Kier alpha value is -2.24. The molecule has 146 valence electrons. The highest BCUT2D eigenvalue weighted by Crippen LogP contribution is 2.34. The molecular weight excluding hydrogens is 342 g/mol. The number of methoxy groups -OCH3 is 2.